The van der Waals surface area contributed by atoms with E-state index >= 15 is 0 Å². The summed E-state index contributed by atoms with van der Waals surface area (Å²) in [7, 11) is 3.40. The van der Waals surface area contributed by atoms with E-state index < -0.39 is 0 Å². The highest BCUT2D eigenvalue weighted by molar-refractivity contribution is 5.97. The first-order chi connectivity index (χ1) is 10.9. The molecule has 120 valence electrons. The smallest absolute Gasteiger partial charge is 0.255 e. The van der Waals surface area contributed by atoms with Crippen molar-refractivity contribution in [3.63, 3.8) is 0 Å². The minimum atomic E-state index is -0.334. The minimum Gasteiger partial charge on any atom is -0.507 e. The number of amides is 2. The van der Waals surface area contributed by atoms with Crippen LogP contribution in [-0.2, 0) is 6.54 Å². The maximum absolute atomic E-state index is 12.1. The number of hydrogen-bond acceptors (Lipinski definition) is 3. The fraction of sp³-hybridized carbons (Fsp3) is 0.222. The van der Waals surface area contributed by atoms with Crippen LogP contribution in [0.2, 0.25) is 0 Å². The summed E-state index contributed by atoms with van der Waals surface area (Å²) in [5, 5.41) is 12.5. The van der Waals surface area contributed by atoms with Gasteiger partial charge in [0.05, 0.1) is 5.56 Å². The Morgan fingerprint density at radius 1 is 1.09 bits per heavy atom. The average Bonchev–Trinajstić information content (AvgIpc) is 2.54. The zero-order chi connectivity index (χ0) is 17.0. The van der Waals surface area contributed by atoms with Crippen LogP contribution in [0.4, 0.5) is 0 Å². The Morgan fingerprint density at radius 2 is 1.74 bits per heavy atom. The summed E-state index contributed by atoms with van der Waals surface area (Å²) >= 11 is 0. The van der Waals surface area contributed by atoms with Crippen molar-refractivity contribution in [1.29, 1.82) is 0 Å². The molecule has 5 nitrogen and oxygen atoms in total. The molecule has 2 N–H and O–H groups in total. The van der Waals surface area contributed by atoms with Gasteiger partial charge < -0.3 is 15.3 Å². The summed E-state index contributed by atoms with van der Waals surface area (Å²) in [6, 6.07) is 11.9. The second-order valence-electron chi connectivity index (χ2n) is 5.60. The molecule has 2 amide bonds. The predicted molar refractivity (Wildman–Crippen MR) is 88.5 cm³/mol. The van der Waals surface area contributed by atoms with Crippen molar-refractivity contribution in [2.24, 2.45) is 0 Å². The number of aromatic hydroxyl groups is 1. The third kappa shape index (κ3) is 4.10. The summed E-state index contributed by atoms with van der Waals surface area (Å²) in [4.78, 5) is 25.4. The van der Waals surface area contributed by atoms with Crippen LogP contribution in [0.25, 0.3) is 0 Å². The van der Waals surface area contributed by atoms with Crippen LogP contribution in [0.5, 0.6) is 5.75 Å². The fourth-order valence-electron chi connectivity index (χ4n) is 2.13. The molecule has 0 aliphatic carbocycles. The molecule has 0 unspecified atom stereocenters. The zero-order valence-electron chi connectivity index (χ0n) is 13.5. The largest absolute Gasteiger partial charge is 0.507 e. The molecule has 23 heavy (non-hydrogen) atoms. The molecule has 0 saturated heterocycles. The van der Waals surface area contributed by atoms with Crippen LogP contribution >= 0.6 is 0 Å². The molecular weight excluding hydrogens is 292 g/mol. The van der Waals surface area contributed by atoms with Crippen molar-refractivity contribution >= 4 is 11.8 Å². The van der Waals surface area contributed by atoms with Crippen LogP contribution in [0.1, 0.15) is 31.8 Å². The van der Waals surface area contributed by atoms with E-state index in [1.807, 2.05) is 6.92 Å². The van der Waals surface area contributed by atoms with E-state index in [0.717, 1.165) is 11.1 Å². The molecule has 5 heteroatoms. The molecular formula is C18H20N2O3. The minimum absolute atomic E-state index is 0.0416. The van der Waals surface area contributed by atoms with E-state index in [-0.39, 0.29) is 23.1 Å². The van der Waals surface area contributed by atoms with Gasteiger partial charge in [0, 0.05) is 26.2 Å². The lowest BCUT2D eigenvalue weighted by Gasteiger charge is -2.11. The molecule has 0 saturated carbocycles. The third-order valence-corrected chi connectivity index (χ3v) is 3.46. The van der Waals surface area contributed by atoms with Gasteiger partial charge in [-0.3, -0.25) is 9.59 Å². The quantitative estimate of drug-likeness (QED) is 0.910. The van der Waals surface area contributed by atoms with Crippen LogP contribution in [0.3, 0.4) is 0 Å². The number of nitrogens with one attached hydrogen (secondary N) is 1. The summed E-state index contributed by atoms with van der Waals surface area (Å²) in [5.41, 5.74) is 2.63. The predicted octanol–water partition coefficient (Wildman–Crippen LogP) is 2.33. The van der Waals surface area contributed by atoms with Crippen LogP contribution in [-0.4, -0.2) is 35.9 Å². The SMILES string of the molecule is Cc1ccc(O)c(C(=O)NCc2ccc(C(=O)N(C)C)cc2)c1. The molecule has 2 rings (SSSR count). The molecule has 0 radical (unpaired) electrons. The van der Waals surface area contributed by atoms with E-state index in [9.17, 15) is 14.7 Å². The number of carbonyl (C=O) groups excluding carboxylic acids is 2. The van der Waals surface area contributed by atoms with E-state index in [1.165, 1.54) is 11.0 Å². The van der Waals surface area contributed by atoms with Crippen molar-refractivity contribution in [2.45, 2.75) is 13.5 Å². The second kappa shape index (κ2) is 6.96. The Bertz CT molecular complexity index is 722. The fourth-order valence-corrected chi connectivity index (χ4v) is 2.13. The highest BCUT2D eigenvalue weighted by atomic mass is 16.3. The van der Waals surface area contributed by atoms with Crippen LogP contribution < -0.4 is 5.32 Å². The van der Waals surface area contributed by atoms with Gasteiger partial charge in [0.25, 0.3) is 11.8 Å². The van der Waals surface area contributed by atoms with Crippen molar-refractivity contribution in [3.05, 3.63) is 64.7 Å². The molecule has 0 aromatic heterocycles. The van der Waals surface area contributed by atoms with Gasteiger partial charge >= 0.3 is 0 Å². The number of hydrogen-bond donors (Lipinski definition) is 2. The van der Waals surface area contributed by atoms with Crippen molar-refractivity contribution < 1.29 is 14.7 Å². The molecule has 0 spiro atoms. The zero-order valence-corrected chi connectivity index (χ0v) is 13.5. The van der Waals surface area contributed by atoms with Gasteiger partial charge in [-0.05, 0) is 36.8 Å². The maximum Gasteiger partial charge on any atom is 0.255 e. The molecule has 2 aromatic carbocycles. The Hall–Kier alpha value is -2.82. The maximum atomic E-state index is 12.1. The third-order valence-electron chi connectivity index (χ3n) is 3.46. The summed E-state index contributed by atoms with van der Waals surface area (Å²) in [5.74, 6) is -0.440. The van der Waals surface area contributed by atoms with Crippen LogP contribution in [0, 0.1) is 6.92 Å². The van der Waals surface area contributed by atoms with Gasteiger partial charge in [-0.25, -0.2) is 0 Å². The number of phenols is 1. The first kappa shape index (κ1) is 16.5. The lowest BCUT2D eigenvalue weighted by molar-refractivity contribution is 0.0827. The van der Waals surface area contributed by atoms with Gasteiger partial charge in [0.15, 0.2) is 0 Å². The van der Waals surface area contributed by atoms with Gasteiger partial charge in [-0.2, -0.15) is 0 Å². The Labute approximate surface area is 135 Å². The molecule has 0 aliphatic rings. The Kier molecular flexibility index (Phi) is 5.01. The summed E-state index contributed by atoms with van der Waals surface area (Å²) < 4.78 is 0. The van der Waals surface area contributed by atoms with Crippen molar-refractivity contribution in [3.8, 4) is 5.75 Å². The molecule has 2 aromatic rings. The summed E-state index contributed by atoms with van der Waals surface area (Å²) in [6.07, 6.45) is 0. The number of rotatable bonds is 4. The molecule has 0 fully saturated rings. The Morgan fingerprint density at radius 3 is 2.35 bits per heavy atom. The number of aryl methyl sites for hydroxylation is 1. The van der Waals surface area contributed by atoms with E-state index in [1.54, 1.807) is 50.5 Å². The standard InChI is InChI=1S/C18H20N2O3/c1-12-4-9-16(21)15(10-12)17(22)19-11-13-5-7-14(8-6-13)18(23)20(2)3/h4-10,21H,11H2,1-3H3,(H,19,22). The van der Waals surface area contributed by atoms with Gasteiger partial charge in [-0.1, -0.05) is 23.8 Å². The number of nitrogens with zero attached hydrogens (tertiary/aromatic N) is 1. The van der Waals surface area contributed by atoms with E-state index in [2.05, 4.69) is 5.32 Å². The van der Waals surface area contributed by atoms with Gasteiger partial charge in [-0.15, -0.1) is 0 Å². The lowest BCUT2D eigenvalue weighted by Crippen LogP contribution is -2.23. The average molecular weight is 312 g/mol. The van der Waals surface area contributed by atoms with Crippen molar-refractivity contribution in [1.82, 2.24) is 10.2 Å². The second-order valence-corrected chi connectivity index (χ2v) is 5.60. The van der Waals surface area contributed by atoms with Crippen molar-refractivity contribution in [2.75, 3.05) is 14.1 Å². The monoisotopic (exact) mass is 312 g/mol. The first-order valence-electron chi connectivity index (χ1n) is 7.27. The highest BCUT2D eigenvalue weighted by Gasteiger charge is 2.11. The molecule has 0 atom stereocenters. The number of carbonyl (C=O) groups is 2. The van der Waals surface area contributed by atoms with E-state index in [0.29, 0.717) is 12.1 Å². The van der Waals surface area contributed by atoms with E-state index in [4.69, 9.17) is 0 Å². The molecule has 0 heterocycles. The topological polar surface area (TPSA) is 69.6 Å². The summed E-state index contributed by atoms with van der Waals surface area (Å²) in [6.45, 7) is 2.18. The normalized spacial score (nSPS) is 10.2. The molecule has 0 aliphatic heterocycles. The highest BCUT2D eigenvalue weighted by Crippen LogP contribution is 2.18. The first-order valence-corrected chi connectivity index (χ1v) is 7.27. The molecule has 0 bridgehead atoms. The lowest BCUT2D eigenvalue weighted by atomic mass is 10.1. The van der Waals surface area contributed by atoms with Gasteiger partial charge in [0.1, 0.15) is 5.75 Å². The number of benzene rings is 2. The number of phenolic OH excluding ortho intramolecular Hbond substituents is 1. The van der Waals surface area contributed by atoms with Crippen LogP contribution in [0.15, 0.2) is 42.5 Å². The Balaban J connectivity index is 2.02. The van der Waals surface area contributed by atoms with Gasteiger partial charge in [0.2, 0.25) is 0 Å².